The first-order valence-electron chi connectivity index (χ1n) is 10.8. The van der Waals surface area contributed by atoms with E-state index >= 15 is 0 Å². The maximum atomic E-state index is 13.7. The van der Waals surface area contributed by atoms with Crippen molar-refractivity contribution in [3.8, 4) is 11.4 Å². The number of hydrogen-bond donors (Lipinski definition) is 1. The van der Waals surface area contributed by atoms with Crippen LogP contribution in [-0.2, 0) is 24.2 Å². The number of hydrogen-bond acceptors (Lipinski definition) is 4. The van der Waals surface area contributed by atoms with Crippen molar-refractivity contribution < 1.29 is 4.79 Å². The van der Waals surface area contributed by atoms with E-state index in [9.17, 15) is 9.59 Å². The summed E-state index contributed by atoms with van der Waals surface area (Å²) in [7, 11) is 0. The fraction of sp³-hybridized carbons (Fsp3) is 0.240. The summed E-state index contributed by atoms with van der Waals surface area (Å²) in [6.45, 7) is 1.82. The first kappa shape index (κ1) is 22.1. The van der Waals surface area contributed by atoms with E-state index in [0.29, 0.717) is 26.9 Å². The number of fused-ring (bicyclic) bond motifs is 3. The fourth-order valence-corrected chi connectivity index (χ4v) is 6.02. The Labute approximate surface area is 205 Å². The number of rotatable bonds is 4. The van der Waals surface area contributed by atoms with Crippen molar-refractivity contribution in [2.75, 3.05) is 5.32 Å². The highest BCUT2D eigenvalue weighted by molar-refractivity contribution is 7.18. The number of nitrogens with one attached hydrogen (secondary N) is 1. The molecular formula is C25H21Cl2N3O2S. The number of amides is 1. The van der Waals surface area contributed by atoms with Gasteiger partial charge >= 0.3 is 0 Å². The summed E-state index contributed by atoms with van der Waals surface area (Å²) < 4.78 is 1.48. The predicted molar refractivity (Wildman–Crippen MR) is 136 cm³/mol. The van der Waals surface area contributed by atoms with Crippen molar-refractivity contribution in [2.45, 2.75) is 39.2 Å². The average Bonchev–Trinajstić information content (AvgIpc) is 3.16. The highest BCUT2D eigenvalue weighted by Gasteiger charge is 2.23. The normalized spacial score (nSPS) is 13.2. The molecule has 0 spiro atoms. The smallest absolute Gasteiger partial charge is 0.263 e. The molecule has 2 aromatic heterocycles. The molecule has 1 amide bonds. The quantitative estimate of drug-likeness (QED) is 0.361. The zero-order chi connectivity index (χ0) is 23.1. The SMILES string of the molecule is Cc1cccc(-c2nc3sc4c(c3c(=O)n2CC(=O)Nc2ccc(Cl)cc2Cl)CCCC4)c1. The summed E-state index contributed by atoms with van der Waals surface area (Å²) >= 11 is 13.8. The Hall–Kier alpha value is -2.67. The largest absolute Gasteiger partial charge is 0.323 e. The van der Waals surface area contributed by atoms with E-state index in [1.165, 1.54) is 9.44 Å². The van der Waals surface area contributed by atoms with Crippen LogP contribution in [0.4, 0.5) is 5.69 Å². The van der Waals surface area contributed by atoms with Crippen LogP contribution >= 0.6 is 34.5 Å². The lowest BCUT2D eigenvalue weighted by Crippen LogP contribution is -2.30. The number of aromatic nitrogens is 2. The highest BCUT2D eigenvalue weighted by atomic mass is 35.5. The summed E-state index contributed by atoms with van der Waals surface area (Å²) in [5, 5.41) is 4.26. The van der Waals surface area contributed by atoms with Crippen LogP contribution in [0.15, 0.2) is 47.3 Å². The van der Waals surface area contributed by atoms with Gasteiger partial charge in [-0.2, -0.15) is 0 Å². The Balaban J connectivity index is 1.62. The van der Waals surface area contributed by atoms with Gasteiger partial charge in [-0.3, -0.25) is 14.2 Å². The van der Waals surface area contributed by atoms with Crippen molar-refractivity contribution in [3.63, 3.8) is 0 Å². The van der Waals surface area contributed by atoms with Crippen LogP contribution in [0.3, 0.4) is 0 Å². The summed E-state index contributed by atoms with van der Waals surface area (Å²) in [5.41, 5.74) is 3.23. The predicted octanol–water partition coefficient (Wildman–Crippen LogP) is 6.26. The Morgan fingerprint density at radius 1 is 1.15 bits per heavy atom. The molecule has 0 radical (unpaired) electrons. The molecule has 1 aliphatic carbocycles. The van der Waals surface area contributed by atoms with Gasteiger partial charge in [-0.15, -0.1) is 11.3 Å². The van der Waals surface area contributed by atoms with Gasteiger partial charge in [0.15, 0.2) is 0 Å². The van der Waals surface area contributed by atoms with E-state index in [1.807, 2.05) is 31.2 Å². The second-order valence-corrected chi connectivity index (χ2v) is 10.2. The summed E-state index contributed by atoms with van der Waals surface area (Å²) in [4.78, 5) is 33.6. The minimum Gasteiger partial charge on any atom is -0.323 e. The van der Waals surface area contributed by atoms with Crippen LogP contribution in [0.5, 0.6) is 0 Å². The summed E-state index contributed by atoms with van der Waals surface area (Å²) in [6, 6.07) is 12.7. The number of aryl methyl sites for hydroxylation is 3. The molecule has 1 N–H and O–H groups in total. The molecule has 0 bridgehead atoms. The standard InChI is InChI=1S/C25H21Cl2N3O2S/c1-14-5-4-6-15(11-14)23-29-24-22(17-7-2-3-8-20(17)33-24)25(32)30(23)13-21(31)28-19-10-9-16(26)12-18(19)27/h4-6,9-12H,2-3,7-8,13H2,1H3,(H,28,31). The maximum Gasteiger partial charge on any atom is 0.263 e. The minimum absolute atomic E-state index is 0.172. The van der Waals surface area contributed by atoms with E-state index in [-0.39, 0.29) is 18.0 Å². The number of nitrogens with zero attached hydrogens (tertiary/aromatic N) is 2. The lowest BCUT2D eigenvalue weighted by Gasteiger charge is -2.15. The molecule has 4 aromatic rings. The first-order chi connectivity index (χ1) is 15.9. The van der Waals surface area contributed by atoms with Gasteiger partial charge in [0.25, 0.3) is 5.56 Å². The van der Waals surface area contributed by atoms with Crippen molar-refractivity contribution in [2.24, 2.45) is 0 Å². The molecule has 168 valence electrons. The van der Waals surface area contributed by atoms with Crippen LogP contribution in [0, 0.1) is 6.92 Å². The molecule has 33 heavy (non-hydrogen) atoms. The molecular weight excluding hydrogens is 477 g/mol. The van der Waals surface area contributed by atoms with E-state index in [2.05, 4.69) is 5.32 Å². The van der Waals surface area contributed by atoms with Gasteiger partial charge in [0, 0.05) is 15.5 Å². The van der Waals surface area contributed by atoms with Gasteiger partial charge in [-0.1, -0.05) is 47.0 Å². The van der Waals surface area contributed by atoms with Crippen LogP contribution in [0.25, 0.3) is 21.6 Å². The molecule has 0 saturated carbocycles. The number of benzene rings is 2. The fourth-order valence-electron chi connectivity index (χ4n) is 4.31. The third kappa shape index (κ3) is 4.31. The van der Waals surface area contributed by atoms with Crippen molar-refractivity contribution >= 4 is 56.3 Å². The summed E-state index contributed by atoms with van der Waals surface area (Å²) in [6.07, 6.45) is 4.05. The minimum atomic E-state index is -0.361. The van der Waals surface area contributed by atoms with Crippen LogP contribution in [0.2, 0.25) is 10.0 Å². The van der Waals surface area contributed by atoms with Crippen LogP contribution in [0.1, 0.15) is 28.8 Å². The molecule has 1 aliphatic rings. The molecule has 0 fully saturated rings. The van der Waals surface area contributed by atoms with Crippen LogP contribution < -0.4 is 10.9 Å². The molecule has 0 atom stereocenters. The van der Waals surface area contributed by atoms with Gasteiger partial charge < -0.3 is 5.32 Å². The van der Waals surface area contributed by atoms with Gasteiger partial charge in [0.05, 0.1) is 16.1 Å². The number of halogens is 2. The van der Waals surface area contributed by atoms with E-state index in [0.717, 1.165) is 47.2 Å². The molecule has 0 unspecified atom stereocenters. The van der Waals surface area contributed by atoms with Crippen molar-refractivity contribution in [3.05, 3.63) is 78.9 Å². The third-order valence-electron chi connectivity index (χ3n) is 5.86. The molecule has 5 nitrogen and oxygen atoms in total. The second kappa shape index (κ2) is 8.93. The van der Waals surface area contributed by atoms with Gasteiger partial charge in [0.2, 0.25) is 5.91 Å². The topological polar surface area (TPSA) is 64.0 Å². The second-order valence-electron chi connectivity index (χ2n) is 8.26. The molecule has 5 rings (SSSR count). The Bertz CT molecular complexity index is 1460. The van der Waals surface area contributed by atoms with Crippen LogP contribution in [-0.4, -0.2) is 15.5 Å². The zero-order valence-corrected chi connectivity index (χ0v) is 20.3. The molecule has 2 aromatic carbocycles. The Morgan fingerprint density at radius 2 is 1.97 bits per heavy atom. The monoisotopic (exact) mass is 497 g/mol. The maximum absolute atomic E-state index is 13.7. The lowest BCUT2D eigenvalue weighted by atomic mass is 9.97. The molecule has 0 saturated heterocycles. The van der Waals surface area contributed by atoms with Gasteiger partial charge in [-0.05, 0) is 62.4 Å². The lowest BCUT2D eigenvalue weighted by molar-refractivity contribution is -0.116. The molecule has 2 heterocycles. The number of carbonyl (C=O) groups excluding carboxylic acids is 1. The number of anilines is 1. The number of thiophene rings is 1. The Morgan fingerprint density at radius 3 is 2.76 bits per heavy atom. The van der Waals surface area contributed by atoms with Gasteiger partial charge in [0.1, 0.15) is 17.2 Å². The van der Waals surface area contributed by atoms with E-state index in [1.54, 1.807) is 29.5 Å². The molecule has 0 aliphatic heterocycles. The average molecular weight is 498 g/mol. The van der Waals surface area contributed by atoms with Crippen molar-refractivity contribution in [1.82, 2.24) is 9.55 Å². The highest BCUT2D eigenvalue weighted by Crippen LogP contribution is 2.35. The number of carbonyl (C=O) groups is 1. The summed E-state index contributed by atoms with van der Waals surface area (Å²) in [5.74, 6) is 0.132. The Kier molecular flexibility index (Phi) is 5.99. The molecule has 8 heteroatoms. The van der Waals surface area contributed by atoms with E-state index < -0.39 is 0 Å². The van der Waals surface area contributed by atoms with Crippen molar-refractivity contribution in [1.29, 1.82) is 0 Å². The first-order valence-corrected chi connectivity index (χ1v) is 12.3. The third-order valence-corrected chi connectivity index (χ3v) is 7.59. The zero-order valence-electron chi connectivity index (χ0n) is 18.0. The van der Waals surface area contributed by atoms with Gasteiger partial charge in [-0.25, -0.2) is 4.98 Å². The van der Waals surface area contributed by atoms with E-state index in [4.69, 9.17) is 28.2 Å².